The van der Waals surface area contributed by atoms with E-state index in [1.165, 1.54) is 16.9 Å². The third-order valence-electron chi connectivity index (χ3n) is 7.19. The van der Waals surface area contributed by atoms with E-state index in [0.717, 1.165) is 16.6 Å². The van der Waals surface area contributed by atoms with Crippen LogP contribution in [-0.4, -0.2) is 57.4 Å². The van der Waals surface area contributed by atoms with Gasteiger partial charge in [0.2, 0.25) is 5.95 Å². The van der Waals surface area contributed by atoms with Crippen LogP contribution < -0.4 is 15.8 Å². The maximum absolute atomic E-state index is 13.1. The predicted octanol–water partition coefficient (Wildman–Crippen LogP) is 3.57. The van der Waals surface area contributed by atoms with Crippen LogP contribution in [0.3, 0.4) is 0 Å². The van der Waals surface area contributed by atoms with Gasteiger partial charge in [-0.3, -0.25) is 19.0 Å². The summed E-state index contributed by atoms with van der Waals surface area (Å²) in [6.07, 6.45) is 1.49. The quantitative estimate of drug-likeness (QED) is 0.345. The fourth-order valence-electron chi connectivity index (χ4n) is 4.95. The summed E-state index contributed by atoms with van der Waals surface area (Å²) in [6, 6.07) is 23.2. The summed E-state index contributed by atoms with van der Waals surface area (Å²) < 4.78 is 6.79. The monoisotopic (exact) mass is 548 g/mol. The highest BCUT2D eigenvalue weighted by Gasteiger charge is 2.25. The number of hydrogen-bond donors (Lipinski definition) is 1. The Morgan fingerprint density at radius 3 is 2.34 bits per heavy atom. The third kappa shape index (κ3) is 5.31. The third-order valence-corrected chi connectivity index (χ3v) is 7.19. The number of aromatic nitrogens is 3. The molecule has 1 saturated heterocycles. The van der Waals surface area contributed by atoms with Crippen molar-refractivity contribution in [3.63, 3.8) is 0 Å². The summed E-state index contributed by atoms with van der Waals surface area (Å²) in [4.78, 5) is 51.8. The Bertz CT molecular complexity index is 1760. The Labute approximate surface area is 235 Å². The summed E-state index contributed by atoms with van der Waals surface area (Å²) in [6.45, 7) is 4.39. The molecular weight excluding hydrogens is 520 g/mol. The molecule has 206 valence electrons. The lowest BCUT2D eigenvalue weighted by Gasteiger charge is -2.34. The van der Waals surface area contributed by atoms with E-state index >= 15 is 0 Å². The lowest BCUT2D eigenvalue weighted by Crippen LogP contribution is -2.49. The Hall–Kier alpha value is -5.25. The van der Waals surface area contributed by atoms with Crippen LogP contribution in [0.5, 0.6) is 0 Å². The van der Waals surface area contributed by atoms with Crippen LogP contribution in [0.1, 0.15) is 32.2 Å². The van der Waals surface area contributed by atoms with Gasteiger partial charge in [-0.15, -0.1) is 0 Å². The zero-order chi connectivity index (χ0) is 28.3. The lowest BCUT2D eigenvalue weighted by atomic mass is 10.1. The minimum Gasteiger partial charge on any atom is -0.459 e. The number of benzene rings is 2. The highest BCUT2D eigenvalue weighted by Crippen LogP contribution is 2.22. The molecule has 0 aliphatic carbocycles. The number of nitrogens with zero attached hydrogens (tertiary/aromatic N) is 5. The van der Waals surface area contributed by atoms with Gasteiger partial charge in [-0.1, -0.05) is 30.3 Å². The number of hydrogen-bond acceptors (Lipinski definition) is 7. The zero-order valence-corrected chi connectivity index (χ0v) is 22.5. The van der Waals surface area contributed by atoms with Crippen molar-refractivity contribution in [2.45, 2.75) is 13.5 Å². The summed E-state index contributed by atoms with van der Waals surface area (Å²) in [5, 5.41) is 3.68. The molecule has 10 nitrogen and oxygen atoms in total. The molecule has 0 spiro atoms. The van der Waals surface area contributed by atoms with Gasteiger partial charge in [0.1, 0.15) is 0 Å². The summed E-state index contributed by atoms with van der Waals surface area (Å²) >= 11 is 0. The number of anilines is 1. The molecule has 0 radical (unpaired) electrons. The van der Waals surface area contributed by atoms with Gasteiger partial charge in [-0.25, -0.2) is 4.98 Å². The SMILES string of the molecule is Cc1nc(N2CCN(C(=O)c3ccco3)CC2)nc2c1ccc(=O)n2-c1ccc(C(=O)NCc2ccccc2)cc1. The van der Waals surface area contributed by atoms with Crippen molar-refractivity contribution in [1.29, 1.82) is 0 Å². The second-order valence-electron chi connectivity index (χ2n) is 9.82. The van der Waals surface area contributed by atoms with Crippen LogP contribution in [0.2, 0.25) is 0 Å². The first-order valence-electron chi connectivity index (χ1n) is 13.4. The second kappa shape index (κ2) is 11.1. The second-order valence-corrected chi connectivity index (χ2v) is 9.82. The van der Waals surface area contributed by atoms with Crippen LogP contribution in [0.15, 0.2) is 94.3 Å². The average Bonchev–Trinajstić information content (AvgIpc) is 3.55. The molecule has 3 aromatic heterocycles. The van der Waals surface area contributed by atoms with Crippen molar-refractivity contribution in [1.82, 2.24) is 24.8 Å². The molecule has 1 aliphatic rings. The molecule has 2 amide bonds. The van der Waals surface area contributed by atoms with Crippen molar-refractivity contribution in [3.05, 3.63) is 118 Å². The van der Waals surface area contributed by atoms with Crippen LogP contribution in [0.25, 0.3) is 16.7 Å². The molecule has 41 heavy (non-hydrogen) atoms. The molecule has 1 aliphatic heterocycles. The summed E-state index contributed by atoms with van der Waals surface area (Å²) in [5.74, 6) is 0.475. The zero-order valence-electron chi connectivity index (χ0n) is 22.5. The molecule has 1 N–H and O–H groups in total. The number of pyridine rings is 1. The molecule has 4 heterocycles. The van der Waals surface area contributed by atoms with Gasteiger partial charge < -0.3 is 19.5 Å². The molecule has 0 bridgehead atoms. The molecule has 6 rings (SSSR count). The Morgan fingerprint density at radius 2 is 1.63 bits per heavy atom. The van der Waals surface area contributed by atoms with Crippen molar-refractivity contribution >= 4 is 28.8 Å². The van der Waals surface area contributed by atoms with E-state index in [1.807, 2.05) is 42.2 Å². The van der Waals surface area contributed by atoms with Crippen LogP contribution in [0, 0.1) is 6.92 Å². The number of nitrogens with one attached hydrogen (secondary N) is 1. The Balaban J connectivity index is 1.24. The summed E-state index contributed by atoms with van der Waals surface area (Å²) in [7, 11) is 0. The fraction of sp³-hybridized carbons (Fsp3) is 0.194. The van der Waals surface area contributed by atoms with E-state index < -0.39 is 0 Å². The molecule has 0 unspecified atom stereocenters. The first kappa shape index (κ1) is 26.0. The van der Waals surface area contributed by atoms with Gasteiger partial charge in [0, 0.05) is 49.7 Å². The molecule has 1 fully saturated rings. The molecule has 2 aromatic carbocycles. The van der Waals surface area contributed by atoms with Crippen molar-refractivity contribution in [2.24, 2.45) is 0 Å². The molecule has 0 atom stereocenters. The van der Waals surface area contributed by atoms with Gasteiger partial charge >= 0.3 is 0 Å². The minimum atomic E-state index is -0.239. The smallest absolute Gasteiger partial charge is 0.289 e. The number of aryl methyl sites for hydroxylation is 1. The van der Waals surface area contributed by atoms with Crippen molar-refractivity contribution in [2.75, 3.05) is 31.1 Å². The van der Waals surface area contributed by atoms with E-state index in [-0.39, 0.29) is 17.4 Å². The minimum absolute atomic E-state index is 0.142. The fourth-order valence-corrected chi connectivity index (χ4v) is 4.95. The number of furan rings is 1. The number of fused-ring (bicyclic) bond motifs is 1. The van der Waals surface area contributed by atoms with E-state index in [9.17, 15) is 14.4 Å². The van der Waals surface area contributed by atoms with Gasteiger partial charge in [-0.2, -0.15) is 4.98 Å². The summed E-state index contributed by atoms with van der Waals surface area (Å²) in [5.41, 5.74) is 3.08. The van der Waals surface area contributed by atoms with Gasteiger partial charge in [0.25, 0.3) is 17.4 Å². The molecular formula is C31H28N6O4. The maximum Gasteiger partial charge on any atom is 0.289 e. The first-order chi connectivity index (χ1) is 20.0. The van der Waals surface area contributed by atoms with Gasteiger partial charge in [0.15, 0.2) is 11.4 Å². The average molecular weight is 549 g/mol. The molecule has 0 saturated carbocycles. The lowest BCUT2D eigenvalue weighted by molar-refractivity contribution is 0.0714. The van der Waals surface area contributed by atoms with Crippen molar-refractivity contribution < 1.29 is 14.0 Å². The highest BCUT2D eigenvalue weighted by atomic mass is 16.3. The number of amides is 2. The highest BCUT2D eigenvalue weighted by molar-refractivity contribution is 5.94. The van der Waals surface area contributed by atoms with Crippen LogP contribution in [0.4, 0.5) is 5.95 Å². The largest absolute Gasteiger partial charge is 0.459 e. The van der Waals surface area contributed by atoms with E-state index in [4.69, 9.17) is 14.4 Å². The van der Waals surface area contributed by atoms with E-state index in [2.05, 4.69) is 5.32 Å². The number of carbonyl (C=O) groups excluding carboxylic acids is 2. The number of piperazine rings is 1. The first-order valence-corrected chi connectivity index (χ1v) is 13.4. The van der Waals surface area contributed by atoms with Crippen LogP contribution >= 0.6 is 0 Å². The van der Waals surface area contributed by atoms with Gasteiger partial charge in [-0.05, 0) is 55.0 Å². The predicted molar refractivity (Wildman–Crippen MR) is 154 cm³/mol. The Kier molecular flexibility index (Phi) is 7.03. The number of rotatable bonds is 6. The maximum atomic E-state index is 13.1. The normalized spacial score (nSPS) is 13.4. The Morgan fingerprint density at radius 1 is 0.878 bits per heavy atom. The molecule has 10 heteroatoms. The van der Waals surface area contributed by atoms with E-state index in [1.54, 1.807) is 47.4 Å². The number of carbonyl (C=O) groups is 2. The topological polar surface area (TPSA) is 114 Å². The van der Waals surface area contributed by atoms with Crippen LogP contribution in [-0.2, 0) is 6.54 Å². The molecule has 5 aromatic rings. The standard InChI is InChI=1S/C31H28N6O4/c1-21-25-13-14-27(38)37(24-11-9-23(10-12-24)29(39)32-20-22-6-3-2-4-7-22)28(25)34-31(33-21)36-17-15-35(16-18-36)30(40)26-8-5-19-41-26/h2-14,19H,15-18,20H2,1H3,(H,32,39). The van der Waals surface area contributed by atoms with Gasteiger partial charge in [0.05, 0.1) is 17.6 Å². The van der Waals surface area contributed by atoms with Crippen molar-refractivity contribution in [3.8, 4) is 5.69 Å². The van der Waals surface area contributed by atoms with E-state index in [0.29, 0.717) is 61.3 Å².